The molecule has 0 aromatic carbocycles. The van der Waals surface area contributed by atoms with Gasteiger partial charge in [0.25, 0.3) is 0 Å². The number of thiocarbonyl (C=S) groups is 1. The highest BCUT2D eigenvalue weighted by Crippen LogP contribution is 2.15. The van der Waals surface area contributed by atoms with Crippen LogP contribution in [-0.4, -0.2) is 32.8 Å². The Hall–Kier alpha value is -0.940. The SMILES string of the molecule is CCC(CC)n1ccc(CN(C)C(C)CC(N)=S)n1. The maximum absolute atomic E-state index is 5.59. The van der Waals surface area contributed by atoms with Crippen molar-refractivity contribution < 1.29 is 0 Å². The van der Waals surface area contributed by atoms with Crippen LogP contribution in [0.15, 0.2) is 12.3 Å². The highest BCUT2D eigenvalue weighted by molar-refractivity contribution is 7.80. The van der Waals surface area contributed by atoms with Gasteiger partial charge in [-0.05, 0) is 32.9 Å². The Morgan fingerprint density at radius 2 is 2.11 bits per heavy atom. The number of nitrogens with zero attached hydrogens (tertiary/aromatic N) is 3. The van der Waals surface area contributed by atoms with Crippen molar-refractivity contribution in [3.05, 3.63) is 18.0 Å². The van der Waals surface area contributed by atoms with Gasteiger partial charge in [-0.3, -0.25) is 9.58 Å². The third-order valence-electron chi connectivity index (χ3n) is 3.64. The van der Waals surface area contributed by atoms with E-state index in [0.717, 1.165) is 31.5 Å². The third kappa shape index (κ3) is 4.91. The topological polar surface area (TPSA) is 47.1 Å². The fraction of sp³-hybridized carbons (Fsp3) is 0.714. The highest BCUT2D eigenvalue weighted by atomic mass is 32.1. The van der Waals surface area contributed by atoms with E-state index in [4.69, 9.17) is 18.0 Å². The zero-order valence-electron chi connectivity index (χ0n) is 12.5. The molecule has 5 heteroatoms. The van der Waals surface area contributed by atoms with E-state index < -0.39 is 0 Å². The molecular formula is C14H26N4S. The van der Waals surface area contributed by atoms with E-state index >= 15 is 0 Å². The van der Waals surface area contributed by atoms with Crippen molar-refractivity contribution in [2.24, 2.45) is 5.73 Å². The second kappa shape index (κ2) is 7.60. The van der Waals surface area contributed by atoms with E-state index in [2.05, 4.69) is 54.8 Å². The molecule has 0 radical (unpaired) electrons. The summed E-state index contributed by atoms with van der Waals surface area (Å²) in [5, 5.41) is 4.66. The van der Waals surface area contributed by atoms with E-state index in [1.165, 1.54) is 0 Å². The standard InChI is InChI=1S/C14H26N4S/c1-5-13(6-2)18-8-7-12(16-18)10-17(4)11(3)9-14(15)19/h7-8,11,13H,5-6,9-10H2,1-4H3,(H2,15,19). The highest BCUT2D eigenvalue weighted by Gasteiger charge is 2.13. The van der Waals surface area contributed by atoms with Crippen LogP contribution in [0.4, 0.5) is 0 Å². The van der Waals surface area contributed by atoms with Gasteiger partial charge in [-0.1, -0.05) is 26.1 Å². The minimum Gasteiger partial charge on any atom is -0.393 e. The molecule has 1 unspecified atom stereocenters. The monoisotopic (exact) mass is 282 g/mol. The van der Waals surface area contributed by atoms with Crippen molar-refractivity contribution >= 4 is 17.2 Å². The van der Waals surface area contributed by atoms with Crippen LogP contribution in [-0.2, 0) is 6.54 Å². The van der Waals surface area contributed by atoms with Crippen molar-refractivity contribution in [1.29, 1.82) is 0 Å². The van der Waals surface area contributed by atoms with Crippen molar-refractivity contribution in [1.82, 2.24) is 14.7 Å². The Morgan fingerprint density at radius 1 is 1.47 bits per heavy atom. The number of nitrogens with two attached hydrogens (primary N) is 1. The van der Waals surface area contributed by atoms with Gasteiger partial charge in [0, 0.05) is 25.2 Å². The molecule has 2 N–H and O–H groups in total. The molecule has 0 bridgehead atoms. The summed E-state index contributed by atoms with van der Waals surface area (Å²) in [5.41, 5.74) is 6.69. The van der Waals surface area contributed by atoms with Crippen LogP contribution in [0.3, 0.4) is 0 Å². The Balaban J connectivity index is 2.60. The van der Waals surface area contributed by atoms with Crippen LogP contribution in [0.25, 0.3) is 0 Å². The van der Waals surface area contributed by atoms with Crippen molar-refractivity contribution in [3.8, 4) is 0 Å². The summed E-state index contributed by atoms with van der Waals surface area (Å²) in [7, 11) is 2.08. The molecule has 1 heterocycles. The molecule has 0 aliphatic rings. The lowest BCUT2D eigenvalue weighted by Gasteiger charge is -2.23. The van der Waals surface area contributed by atoms with Crippen molar-refractivity contribution in [3.63, 3.8) is 0 Å². The van der Waals surface area contributed by atoms with Crippen molar-refractivity contribution in [2.45, 2.75) is 58.7 Å². The summed E-state index contributed by atoms with van der Waals surface area (Å²) < 4.78 is 2.08. The molecule has 0 saturated carbocycles. The van der Waals surface area contributed by atoms with Crippen LogP contribution in [0.1, 0.15) is 51.8 Å². The largest absolute Gasteiger partial charge is 0.393 e. The lowest BCUT2D eigenvalue weighted by Crippen LogP contribution is -2.32. The Bertz CT molecular complexity index is 398. The van der Waals surface area contributed by atoms with E-state index in [-0.39, 0.29) is 0 Å². The van der Waals surface area contributed by atoms with Gasteiger partial charge in [0.15, 0.2) is 0 Å². The van der Waals surface area contributed by atoms with Crippen LogP contribution in [0.5, 0.6) is 0 Å². The molecule has 0 saturated heterocycles. The zero-order chi connectivity index (χ0) is 14.4. The van der Waals surface area contributed by atoms with E-state index in [0.29, 0.717) is 17.1 Å². The first-order valence-electron chi connectivity index (χ1n) is 7.00. The first-order valence-corrected chi connectivity index (χ1v) is 7.41. The molecule has 1 aromatic heterocycles. The molecule has 1 atom stereocenters. The third-order valence-corrected chi connectivity index (χ3v) is 3.81. The summed E-state index contributed by atoms with van der Waals surface area (Å²) in [6.07, 6.45) is 5.06. The molecule has 0 aliphatic carbocycles. The second-order valence-electron chi connectivity index (χ2n) is 5.19. The molecule has 1 aromatic rings. The van der Waals surface area contributed by atoms with Gasteiger partial charge in [-0.25, -0.2) is 0 Å². The van der Waals surface area contributed by atoms with Gasteiger partial charge in [0.05, 0.1) is 16.7 Å². The molecular weight excluding hydrogens is 256 g/mol. The normalized spacial score (nSPS) is 13.2. The number of rotatable bonds is 8. The molecule has 0 amide bonds. The second-order valence-corrected chi connectivity index (χ2v) is 5.72. The molecule has 4 nitrogen and oxygen atoms in total. The van der Waals surface area contributed by atoms with Gasteiger partial charge in [-0.15, -0.1) is 0 Å². The van der Waals surface area contributed by atoms with Gasteiger partial charge in [0.2, 0.25) is 0 Å². The van der Waals surface area contributed by atoms with Gasteiger partial charge < -0.3 is 5.73 Å². The minimum atomic E-state index is 0.343. The van der Waals surface area contributed by atoms with Gasteiger partial charge >= 0.3 is 0 Å². The summed E-state index contributed by atoms with van der Waals surface area (Å²) in [4.78, 5) is 2.81. The average molecular weight is 282 g/mol. The van der Waals surface area contributed by atoms with Crippen LogP contribution in [0, 0.1) is 0 Å². The average Bonchev–Trinajstić information content (AvgIpc) is 2.78. The zero-order valence-corrected chi connectivity index (χ0v) is 13.3. The molecule has 1 rings (SSSR count). The Labute approximate surface area is 122 Å². The molecule has 0 spiro atoms. The lowest BCUT2D eigenvalue weighted by atomic mass is 10.2. The van der Waals surface area contributed by atoms with E-state index in [9.17, 15) is 0 Å². The maximum atomic E-state index is 5.59. The maximum Gasteiger partial charge on any atom is 0.0764 e. The predicted octanol–water partition coefficient (Wildman–Crippen LogP) is 2.74. The quantitative estimate of drug-likeness (QED) is 0.745. The van der Waals surface area contributed by atoms with Crippen LogP contribution in [0.2, 0.25) is 0 Å². The molecule has 19 heavy (non-hydrogen) atoms. The van der Waals surface area contributed by atoms with Crippen LogP contribution >= 0.6 is 12.2 Å². The molecule has 0 fully saturated rings. The number of hydrogen-bond donors (Lipinski definition) is 1. The van der Waals surface area contributed by atoms with Gasteiger partial charge in [0.1, 0.15) is 0 Å². The first kappa shape index (κ1) is 16.1. The molecule has 108 valence electrons. The van der Waals surface area contributed by atoms with Crippen molar-refractivity contribution in [2.75, 3.05) is 7.05 Å². The van der Waals surface area contributed by atoms with Gasteiger partial charge in [-0.2, -0.15) is 5.10 Å². The summed E-state index contributed by atoms with van der Waals surface area (Å²) >= 11 is 4.96. The summed E-state index contributed by atoms with van der Waals surface area (Å²) in [6.45, 7) is 7.37. The molecule has 0 aliphatic heterocycles. The predicted molar refractivity (Wildman–Crippen MR) is 84.2 cm³/mol. The fourth-order valence-electron chi connectivity index (χ4n) is 2.19. The lowest BCUT2D eigenvalue weighted by molar-refractivity contribution is 0.250. The summed E-state index contributed by atoms with van der Waals surface area (Å²) in [5.74, 6) is 0. The Kier molecular flexibility index (Phi) is 6.45. The van der Waals surface area contributed by atoms with E-state index in [1.54, 1.807) is 0 Å². The first-order chi connectivity index (χ1) is 8.97. The summed E-state index contributed by atoms with van der Waals surface area (Å²) in [6, 6.07) is 2.95. The van der Waals surface area contributed by atoms with E-state index in [1.807, 2.05) is 0 Å². The van der Waals surface area contributed by atoms with Crippen LogP contribution < -0.4 is 5.73 Å². The number of hydrogen-bond acceptors (Lipinski definition) is 3. The fourth-order valence-corrected chi connectivity index (χ4v) is 2.43. The number of aromatic nitrogens is 2. The smallest absolute Gasteiger partial charge is 0.0764 e. The Morgan fingerprint density at radius 3 is 2.63 bits per heavy atom. The minimum absolute atomic E-state index is 0.343.